The van der Waals surface area contributed by atoms with Gasteiger partial charge in [-0.1, -0.05) is 12.8 Å². The number of unbranched alkanes of at least 4 members (excludes halogenated alkanes) is 3. The number of hydrogen-bond acceptors (Lipinski definition) is 6. The van der Waals surface area contributed by atoms with Gasteiger partial charge in [0.1, 0.15) is 0 Å². The standard InChI is InChI=1S/C19H38N4O5S/c1-17(2)28-15-16-29(25,26)23-13-11-22(12-14-23)19(20-3)21-10-8-6-5-7-9-18(24)27-4/h17H,5-16H2,1-4H3,(H,20,21). The van der Waals surface area contributed by atoms with Crippen molar-refractivity contribution in [2.45, 2.75) is 52.1 Å². The van der Waals surface area contributed by atoms with E-state index >= 15 is 0 Å². The van der Waals surface area contributed by atoms with Gasteiger partial charge in [0.2, 0.25) is 10.0 Å². The Hall–Kier alpha value is -1.39. The number of nitrogens with zero attached hydrogens (tertiary/aromatic N) is 3. The molecule has 0 saturated carbocycles. The molecular weight excluding hydrogens is 396 g/mol. The number of carbonyl (C=O) groups is 1. The third-order valence-electron chi connectivity index (χ3n) is 4.75. The molecule has 29 heavy (non-hydrogen) atoms. The van der Waals surface area contributed by atoms with Crippen LogP contribution in [-0.4, -0.2) is 94.9 Å². The van der Waals surface area contributed by atoms with E-state index < -0.39 is 10.0 Å². The van der Waals surface area contributed by atoms with E-state index in [-0.39, 0.29) is 24.4 Å². The van der Waals surface area contributed by atoms with Crippen LogP contribution < -0.4 is 5.32 Å². The summed E-state index contributed by atoms with van der Waals surface area (Å²) in [7, 11) is -0.132. The summed E-state index contributed by atoms with van der Waals surface area (Å²) in [4.78, 5) is 17.5. The quantitative estimate of drug-likeness (QED) is 0.212. The van der Waals surface area contributed by atoms with E-state index in [9.17, 15) is 13.2 Å². The fourth-order valence-corrected chi connectivity index (χ4v) is 4.36. The van der Waals surface area contributed by atoms with Crippen molar-refractivity contribution in [3.05, 3.63) is 0 Å². The van der Waals surface area contributed by atoms with Crippen molar-refractivity contribution in [2.24, 2.45) is 4.99 Å². The van der Waals surface area contributed by atoms with Crippen LogP contribution in [0.1, 0.15) is 46.0 Å². The van der Waals surface area contributed by atoms with Gasteiger partial charge in [-0.05, 0) is 26.7 Å². The molecular formula is C19H38N4O5S. The average molecular weight is 435 g/mol. The van der Waals surface area contributed by atoms with Crippen molar-refractivity contribution in [3.63, 3.8) is 0 Å². The molecule has 0 amide bonds. The summed E-state index contributed by atoms with van der Waals surface area (Å²) in [5.74, 6) is 0.672. The molecule has 0 radical (unpaired) electrons. The fourth-order valence-electron chi connectivity index (χ4n) is 3.08. The molecule has 0 aromatic rings. The van der Waals surface area contributed by atoms with E-state index in [1.54, 1.807) is 11.4 Å². The topological polar surface area (TPSA) is 101 Å². The van der Waals surface area contributed by atoms with Crippen LogP contribution >= 0.6 is 0 Å². The first-order valence-corrected chi connectivity index (χ1v) is 12.0. The van der Waals surface area contributed by atoms with Crippen molar-refractivity contribution < 1.29 is 22.7 Å². The molecule has 0 aromatic carbocycles. The highest BCUT2D eigenvalue weighted by atomic mass is 32.2. The number of guanidine groups is 1. The first-order valence-electron chi connectivity index (χ1n) is 10.4. The molecule has 170 valence electrons. The van der Waals surface area contributed by atoms with E-state index in [0.717, 1.165) is 38.2 Å². The van der Waals surface area contributed by atoms with Crippen molar-refractivity contribution in [2.75, 3.05) is 59.2 Å². The number of piperazine rings is 1. The summed E-state index contributed by atoms with van der Waals surface area (Å²) in [5, 5.41) is 3.35. The predicted molar refractivity (Wildman–Crippen MR) is 114 cm³/mol. The van der Waals surface area contributed by atoms with Crippen LogP contribution in [0.3, 0.4) is 0 Å². The first-order chi connectivity index (χ1) is 13.8. The van der Waals surface area contributed by atoms with Crippen LogP contribution in [0.15, 0.2) is 4.99 Å². The Kier molecular flexibility index (Phi) is 12.2. The minimum Gasteiger partial charge on any atom is -0.469 e. The van der Waals surface area contributed by atoms with E-state index in [1.807, 2.05) is 13.8 Å². The summed E-state index contributed by atoms with van der Waals surface area (Å²) in [6.07, 6.45) is 4.37. The molecule has 0 aromatic heterocycles. The third-order valence-corrected chi connectivity index (χ3v) is 6.59. The summed E-state index contributed by atoms with van der Waals surface area (Å²) < 4.78 is 36.4. The molecule has 0 spiro atoms. The lowest BCUT2D eigenvalue weighted by atomic mass is 10.1. The highest BCUT2D eigenvalue weighted by molar-refractivity contribution is 7.89. The SMILES string of the molecule is CN=C(NCCCCCCC(=O)OC)N1CCN(S(=O)(=O)CCOC(C)C)CC1. The molecule has 1 aliphatic rings. The Morgan fingerprint density at radius 2 is 1.76 bits per heavy atom. The largest absolute Gasteiger partial charge is 0.469 e. The van der Waals surface area contributed by atoms with E-state index in [2.05, 4.69) is 19.9 Å². The second-order valence-electron chi connectivity index (χ2n) is 7.34. The molecule has 1 fully saturated rings. The van der Waals surface area contributed by atoms with Crippen molar-refractivity contribution in [3.8, 4) is 0 Å². The highest BCUT2D eigenvalue weighted by Gasteiger charge is 2.27. The molecule has 10 heteroatoms. The van der Waals surface area contributed by atoms with Crippen molar-refractivity contribution in [1.82, 2.24) is 14.5 Å². The van der Waals surface area contributed by atoms with Crippen LogP contribution in [0, 0.1) is 0 Å². The number of sulfonamides is 1. The number of hydrogen-bond donors (Lipinski definition) is 1. The summed E-state index contributed by atoms with van der Waals surface area (Å²) in [5.41, 5.74) is 0. The Morgan fingerprint density at radius 3 is 2.34 bits per heavy atom. The molecule has 0 unspecified atom stereocenters. The highest BCUT2D eigenvalue weighted by Crippen LogP contribution is 2.09. The van der Waals surface area contributed by atoms with Crippen LogP contribution in [0.2, 0.25) is 0 Å². The fraction of sp³-hybridized carbons (Fsp3) is 0.895. The Labute approximate surface area is 175 Å². The maximum absolute atomic E-state index is 12.4. The summed E-state index contributed by atoms with van der Waals surface area (Å²) in [6, 6.07) is 0. The molecule has 1 heterocycles. The smallest absolute Gasteiger partial charge is 0.305 e. The molecule has 1 rings (SSSR count). The van der Waals surface area contributed by atoms with E-state index in [4.69, 9.17) is 4.74 Å². The van der Waals surface area contributed by atoms with Crippen LogP contribution in [0.25, 0.3) is 0 Å². The average Bonchev–Trinajstić information content (AvgIpc) is 2.69. The minimum absolute atomic E-state index is 0.0220. The summed E-state index contributed by atoms with van der Waals surface area (Å²) >= 11 is 0. The van der Waals surface area contributed by atoms with Crippen molar-refractivity contribution >= 4 is 22.0 Å². The number of methoxy groups -OCH3 is 1. The van der Waals surface area contributed by atoms with Crippen LogP contribution in [0.4, 0.5) is 0 Å². The molecule has 0 bridgehead atoms. The Morgan fingerprint density at radius 1 is 1.10 bits per heavy atom. The number of esters is 1. The van der Waals surface area contributed by atoms with E-state index in [0.29, 0.717) is 32.6 Å². The molecule has 1 N–H and O–H groups in total. The predicted octanol–water partition coefficient (Wildman–Crippen LogP) is 1.06. The van der Waals surface area contributed by atoms with Gasteiger partial charge in [0, 0.05) is 46.2 Å². The number of aliphatic imine (C=N–C) groups is 1. The molecule has 9 nitrogen and oxygen atoms in total. The van der Waals surface area contributed by atoms with Crippen LogP contribution in [-0.2, 0) is 24.3 Å². The second-order valence-corrected chi connectivity index (χ2v) is 9.42. The Bertz CT molecular complexity index is 602. The number of ether oxygens (including phenoxy) is 2. The van der Waals surface area contributed by atoms with Gasteiger partial charge in [-0.15, -0.1) is 0 Å². The molecule has 0 aliphatic carbocycles. The van der Waals surface area contributed by atoms with Gasteiger partial charge in [-0.25, -0.2) is 8.42 Å². The Balaban J connectivity index is 2.27. The van der Waals surface area contributed by atoms with Gasteiger partial charge in [0.05, 0.1) is 25.6 Å². The van der Waals surface area contributed by atoms with Gasteiger partial charge in [0.25, 0.3) is 0 Å². The van der Waals surface area contributed by atoms with Gasteiger partial charge in [0.15, 0.2) is 5.96 Å². The van der Waals surface area contributed by atoms with Gasteiger partial charge >= 0.3 is 5.97 Å². The maximum Gasteiger partial charge on any atom is 0.305 e. The number of nitrogens with one attached hydrogen (secondary N) is 1. The molecule has 1 saturated heterocycles. The van der Waals surface area contributed by atoms with Crippen molar-refractivity contribution in [1.29, 1.82) is 0 Å². The van der Waals surface area contributed by atoms with Gasteiger partial charge in [-0.3, -0.25) is 9.79 Å². The lowest BCUT2D eigenvalue weighted by Gasteiger charge is -2.35. The van der Waals surface area contributed by atoms with Gasteiger partial charge in [-0.2, -0.15) is 4.31 Å². The number of carbonyl (C=O) groups excluding carboxylic acids is 1. The number of rotatable bonds is 12. The second kappa shape index (κ2) is 13.8. The van der Waals surface area contributed by atoms with Gasteiger partial charge < -0.3 is 19.7 Å². The zero-order chi connectivity index (χ0) is 21.7. The molecule has 1 aliphatic heterocycles. The zero-order valence-electron chi connectivity index (χ0n) is 18.4. The van der Waals surface area contributed by atoms with E-state index in [1.165, 1.54) is 7.11 Å². The first kappa shape index (κ1) is 25.6. The summed E-state index contributed by atoms with van der Waals surface area (Å²) in [6.45, 7) is 6.96. The zero-order valence-corrected chi connectivity index (χ0v) is 19.2. The lowest BCUT2D eigenvalue weighted by Crippen LogP contribution is -2.54. The normalized spacial score (nSPS) is 16.3. The lowest BCUT2D eigenvalue weighted by molar-refractivity contribution is -0.140. The third kappa shape index (κ3) is 10.3. The minimum atomic E-state index is -3.28. The molecule has 0 atom stereocenters. The monoisotopic (exact) mass is 434 g/mol. The van der Waals surface area contributed by atoms with Crippen LogP contribution in [0.5, 0.6) is 0 Å². The maximum atomic E-state index is 12.4.